The van der Waals surface area contributed by atoms with Crippen molar-refractivity contribution in [2.45, 2.75) is 51.7 Å². The molecule has 0 bridgehead atoms. The first-order valence-electron chi connectivity index (χ1n) is 10.7. The molecule has 2 aliphatic rings. The summed E-state index contributed by atoms with van der Waals surface area (Å²) in [4.78, 5) is 36.8. The SMILES string of the molecule is CC(C)(C)OC(=O)NCC1CCN(c2c(F)cc(C(=O)NNC(=O)O)c(NC3CC3)c2Cl)C1. The van der Waals surface area contributed by atoms with Crippen molar-refractivity contribution in [2.75, 3.05) is 29.9 Å². The van der Waals surface area contributed by atoms with Crippen LogP contribution in [0.2, 0.25) is 5.02 Å². The molecule has 33 heavy (non-hydrogen) atoms. The summed E-state index contributed by atoms with van der Waals surface area (Å²) >= 11 is 6.58. The topological polar surface area (TPSA) is 132 Å². The number of carbonyl (C=O) groups excluding carboxylic acids is 2. The van der Waals surface area contributed by atoms with Crippen LogP contribution < -0.4 is 26.4 Å². The van der Waals surface area contributed by atoms with E-state index in [4.69, 9.17) is 21.4 Å². The lowest BCUT2D eigenvalue weighted by Gasteiger charge is -2.24. The standard InChI is InChI=1S/C21H29ClFN5O5/c1-21(2,3)33-20(32)24-9-11-6-7-28(10-11)17-14(23)8-13(18(29)26-27-19(30)31)16(15(17)22)25-12-4-5-12/h8,11-12,25,27H,4-7,9-10H2,1-3H3,(H,24,32)(H,26,29)(H,30,31). The largest absolute Gasteiger partial charge is 0.464 e. The minimum absolute atomic E-state index is 0.0585. The number of halogens is 2. The predicted molar refractivity (Wildman–Crippen MR) is 121 cm³/mol. The highest BCUT2D eigenvalue weighted by molar-refractivity contribution is 6.37. The number of benzene rings is 1. The third-order valence-electron chi connectivity index (χ3n) is 5.18. The number of hydrogen-bond donors (Lipinski definition) is 5. The highest BCUT2D eigenvalue weighted by Gasteiger charge is 2.32. The number of hydrazine groups is 1. The molecule has 5 N–H and O–H groups in total. The lowest BCUT2D eigenvalue weighted by molar-refractivity contribution is 0.0520. The number of ether oxygens (including phenoxy) is 1. The van der Waals surface area contributed by atoms with E-state index in [9.17, 15) is 14.4 Å². The van der Waals surface area contributed by atoms with Crippen LogP contribution in [0.5, 0.6) is 0 Å². The summed E-state index contributed by atoms with van der Waals surface area (Å²) in [6.45, 7) is 6.70. The molecule has 182 valence electrons. The average molecular weight is 486 g/mol. The summed E-state index contributed by atoms with van der Waals surface area (Å²) in [6.07, 6.45) is 0.527. The zero-order valence-electron chi connectivity index (χ0n) is 18.8. The number of carbonyl (C=O) groups is 3. The van der Waals surface area contributed by atoms with Crippen LogP contribution in [0.1, 0.15) is 50.4 Å². The van der Waals surface area contributed by atoms with Crippen LogP contribution in [0, 0.1) is 11.7 Å². The van der Waals surface area contributed by atoms with Crippen LogP contribution in [-0.4, -0.2) is 54.5 Å². The molecule has 1 saturated carbocycles. The molecule has 1 atom stereocenters. The van der Waals surface area contributed by atoms with Crippen molar-refractivity contribution >= 4 is 41.1 Å². The number of rotatable bonds is 6. The second-order valence-corrected chi connectivity index (χ2v) is 9.61. The zero-order chi connectivity index (χ0) is 24.3. The Bertz CT molecular complexity index is 935. The van der Waals surface area contributed by atoms with E-state index in [2.05, 4.69) is 10.6 Å². The Hall–Kier alpha value is -2.95. The first-order chi connectivity index (χ1) is 15.4. The minimum atomic E-state index is -1.45. The van der Waals surface area contributed by atoms with Gasteiger partial charge in [0.1, 0.15) is 11.4 Å². The van der Waals surface area contributed by atoms with Crippen molar-refractivity contribution in [3.8, 4) is 0 Å². The third kappa shape index (κ3) is 6.77. The van der Waals surface area contributed by atoms with Gasteiger partial charge in [0.2, 0.25) is 0 Å². The summed E-state index contributed by atoms with van der Waals surface area (Å²) in [5.41, 5.74) is 3.51. The summed E-state index contributed by atoms with van der Waals surface area (Å²) in [5, 5.41) is 14.7. The molecular formula is C21H29ClFN5O5. The second kappa shape index (κ2) is 9.90. The maximum atomic E-state index is 15.1. The van der Waals surface area contributed by atoms with E-state index in [1.165, 1.54) is 0 Å². The Kier molecular flexibility index (Phi) is 7.41. The molecule has 1 heterocycles. The molecule has 1 aromatic carbocycles. The lowest BCUT2D eigenvalue weighted by Crippen LogP contribution is -2.41. The van der Waals surface area contributed by atoms with Crippen molar-refractivity contribution in [3.63, 3.8) is 0 Å². The molecule has 2 fully saturated rings. The maximum absolute atomic E-state index is 15.1. The normalized spacial score (nSPS) is 18.0. The van der Waals surface area contributed by atoms with Gasteiger partial charge in [-0.3, -0.25) is 10.2 Å². The van der Waals surface area contributed by atoms with E-state index >= 15 is 4.39 Å². The third-order valence-corrected chi connectivity index (χ3v) is 5.55. The van der Waals surface area contributed by atoms with Gasteiger partial charge in [-0.1, -0.05) is 11.6 Å². The number of hydrogen-bond acceptors (Lipinski definition) is 6. The van der Waals surface area contributed by atoms with Crippen molar-refractivity contribution in [1.29, 1.82) is 0 Å². The van der Waals surface area contributed by atoms with Crippen LogP contribution in [-0.2, 0) is 4.74 Å². The zero-order valence-corrected chi connectivity index (χ0v) is 19.5. The first kappa shape index (κ1) is 24.7. The van der Waals surface area contributed by atoms with Gasteiger partial charge in [0, 0.05) is 25.7 Å². The molecule has 1 unspecified atom stereocenters. The molecule has 3 rings (SSSR count). The summed E-state index contributed by atoms with van der Waals surface area (Å²) in [5.74, 6) is -1.45. The average Bonchev–Trinajstić information content (AvgIpc) is 3.41. The molecule has 1 aliphatic carbocycles. The lowest BCUT2D eigenvalue weighted by atomic mass is 10.1. The van der Waals surface area contributed by atoms with Crippen molar-refractivity contribution < 1.29 is 28.6 Å². The Morgan fingerprint density at radius 3 is 2.55 bits per heavy atom. The van der Waals surface area contributed by atoms with Crippen molar-refractivity contribution in [1.82, 2.24) is 16.2 Å². The number of nitrogens with one attached hydrogen (secondary N) is 4. The fraction of sp³-hybridized carbons (Fsp3) is 0.571. The minimum Gasteiger partial charge on any atom is -0.464 e. The number of nitrogens with zero attached hydrogens (tertiary/aromatic N) is 1. The number of amides is 3. The number of anilines is 2. The second-order valence-electron chi connectivity index (χ2n) is 9.23. The van der Waals surface area contributed by atoms with Gasteiger partial charge in [-0.15, -0.1) is 0 Å². The molecule has 1 aliphatic heterocycles. The highest BCUT2D eigenvalue weighted by Crippen LogP contribution is 2.42. The van der Waals surface area contributed by atoms with Gasteiger partial charge >= 0.3 is 12.2 Å². The van der Waals surface area contributed by atoms with E-state index in [0.29, 0.717) is 26.1 Å². The smallest absolute Gasteiger partial charge is 0.423 e. The van der Waals surface area contributed by atoms with Crippen LogP contribution in [0.3, 0.4) is 0 Å². The van der Waals surface area contributed by atoms with Gasteiger partial charge in [-0.2, -0.15) is 0 Å². The predicted octanol–water partition coefficient (Wildman–Crippen LogP) is 3.32. The molecule has 12 heteroatoms. The van der Waals surface area contributed by atoms with Gasteiger partial charge in [0.05, 0.1) is 22.0 Å². The van der Waals surface area contributed by atoms with Gasteiger partial charge < -0.3 is 25.4 Å². The molecule has 10 nitrogen and oxygen atoms in total. The van der Waals surface area contributed by atoms with E-state index in [-0.39, 0.29) is 33.9 Å². The molecule has 1 saturated heterocycles. The van der Waals surface area contributed by atoms with E-state index < -0.39 is 29.5 Å². The highest BCUT2D eigenvalue weighted by atomic mass is 35.5. The Morgan fingerprint density at radius 2 is 1.94 bits per heavy atom. The molecule has 0 radical (unpaired) electrons. The maximum Gasteiger partial charge on any atom is 0.423 e. The fourth-order valence-electron chi connectivity index (χ4n) is 3.57. The fourth-order valence-corrected chi connectivity index (χ4v) is 3.94. The van der Waals surface area contributed by atoms with E-state index in [1.54, 1.807) is 31.1 Å². The first-order valence-corrected chi connectivity index (χ1v) is 11.1. The van der Waals surface area contributed by atoms with Crippen LogP contribution >= 0.6 is 11.6 Å². The van der Waals surface area contributed by atoms with Crippen LogP contribution in [0.4, 0.5) is 25.4 Å². The Labute approximate surface area is 196 Å². The van der Waals surface area contributed by atoms with Crippen molar-refractivity contribution in [3.05, 3.63) is 22.5 Å². The summed E-state index contributed by atoms with van der Waals surface area (Å²) in [7, 11) is 0. The molecular weight excluding hydrogens is 457 g/mol. The summed E-state index contributed by atoms with van der Waals surface area (Å²) in [6, 6.07) is 1.17. The Morgan fingerprint density at radius 1 is 1.24 bits per heavy atom. The van der Waals surface area contributed by atoms with Gasteiger partial charge in [-0.25, -0.2) is 19.4 Å². The number of alkyl carbamates (subject to hydrolysis) is 1. The van der Waals surface area contributed by atoms with E-state index in [1.807, 2.05) is 5.43 Å². The number of carboxylic acid groups (broad SMARTS) is 1. The molecule has 3 amide bonds. The van der Waals surface area contributed by atoms with Gasteiger partial charge in [0.25, 0.3) is 5.91 Å². The van der Waals surface area contributed by atoms with E-state index in [0.717, 1.165) is 18.9 Å². The quantitative estimate of drug-likeness (QED) is 0.390. The Balaban J connectivity index is 1.74. The van der Waals surface area contributed by atoms with Gasteiger partial charge in [-0.05, 0) is 52.0 Å². The molecule has 0 aromatic heterocycles. The van der Waals surface area contributed by atoms with Gasteiger partial charge in [0.15, 0.2) is 0 Å². The van der Waals surface area contributed by atoms with Crippen molar-refractivity contribution in [2.24, 2.45) is 5.92 Å². The molecule has 1 aromatic rings. The van der Waals surface area contributed by atoms with Crippen LogP contribution in [0.15, 0.2) is 6.07 Å². The monoisotopic (exact) mass is 485 g/mol. The van der Waals surface area contributed by atoms with Crippen LogP contribution in [0.25, 0.3) is 0 Å². The molecule has 0 spiro atoms. The summed E-state index contributed by atoms with van der Waals surface area (Å²) < 4.78 is 20.4.